The third-order valence-electron chi connectivity index (χ3n) is 22.5. The summed E-state index contributed by atoms with van der Waals surface area (Å²) in [7, 11) is 0. The fraction of sp³-hybridized carbons (Fsp3) is 0.0667. The van der Waals surface area contributed by atoms with E-state index in [2.05, 4.69) is 326 Å². The Labute approximate surface area is 572 Å². The van der Waals surface area contributed by atoms with Crippen LogP contribution in [0.3, 0.4) is 0 Å². The Balaban J connectivity index is 0.713. The SMILES string of the molecule is CC(C)c1cc2c3c(c1)N(c1cccc4c1oc1cc(-c5ccc6c(c5)B5c7ccccc7N(c7c8c(cc9c7oc7ccccc79)-c7ccccc7C8(C)C)c7cccc(c75)N6c5ccccc5)ccc14)c1ccccc1B3c1ccccc1N2c1ccc2c(c1)oc1ccccc12. The quantitative estimate of drug-likeness (QED) is 0.154. The van der Waals surface area contributed by atoms with E-state index in [1.807, 2.05) is 6.07 Å². The summed E-state index contributed by atoms with van der Waals surface area (Å²) in [5.41, 5.74) is 34.4. The van der Waals surface area contributed by atoms with Gasteiger partial charge in [-0.05, 0) is 187 Å². The molecule has 4 aliphatic heterocycles. The molecule has 0 unspecified atom stereocenters. The Morgan fingerprint density at radius 3 is 1.59 bits per heavy atom. The molecule has 0 N–H and O–H groups in total. The number of nitrogens with zero attached hydrogens (tertiary/aromatic N) is 4. The Bertz CT molecular complexity index is 6400. The van der Waals surface area contributed by atoms with Crippen molar-refractivity contribution in [2.75, 3.05) is 19.6 Å². The van der Waals surface area contributed by atoms with Gasteiger partial charge in [0.1, 0.15) is 22.3 Å². The molecule has 7 heterocycles. The van der Waals surface area contributed by atoms with E-state index in [0.717, 1.165) is 134 Å². The molecule has 0 spiro atoms. The first-order valence-electron chi connectivity index (χ1n) is 34.6. The van der Waals surface area contributed by atoms with E-state index < -0.39 is 0 Å². The smallest absolute Gasteiger partial charge is 0.252 e. The molecule has 22 rings (SSSR count). The van der Waals surface area contributed by atoms with E-state index in [9.17, 15) is 0 Å². The molecule has 1 aliphatic carbocycles. The summed E-state index contributed by atoms with van der Waals surface area (Å²) < 4.78 is 21.3. The van der Waals surface area contributed by atoms with Crippen LogP contribution in [0.5, 0.6) is 0 Å². The molecule has 0 saturated carbocycles. The summed E-state index contributed by atoms with van der Waals surface area (Å²) >= 11 is 0. The monoisotopic (exact) mass is 1270 g/mol. The zero-order valence-corrected chi connectivity index (χ0v) is 54.9. The molecule has 5 aliphatic rings. The van der Waals surface area contributed by atoms with Gasteiger partial charge in [-0.2, -0.15) is 0 Å². The van der Waals surface area contributed by atoms with Gasteiger partial charge in [0.25, 0.3) is 13.4 Å². The molecule has 14 aromatic carbocycles. The van der Waals surface area contributed by atoms with Crippen LogP contribution in [0.4, 0.5) is 68.2 Å². The van der Waals surface area contributed by atoms with Gasteiger partial charge >= 0.3 is 0 Å². The topological polar surface area (TPSA) is 52.4 Å². The highest BCUT2D eigenvalue weighted by Crippen LogP contribution is 2.59. The van der Waals surface area contributed by atoms with Crippen LogP contribution in [0.15, 0.2) is 298 Å². The number of benzene rings is 14. The molecule has 464 valence electrons. The van der Waals surface area contributed by atoms with Crippen LogP contribution < -0.4 is 52.4 Å². The first kappa shape index (κ1) is 55.0. The second-order valence-corrected chi connectivity index (χ2v) is 28.4. The lowest BCUT2D eigenvalue weighted by Crippen LogP contribution is -2.61. The van der Waals surface area contributed by atoms with Crippen LogP contribution in [-0.2, 0) is 5.41 Å². The molecule has 0 atom stereocenters. The van der Waals surface area contributed by atoms with E-state index in [4.69, 9.17) is 13.3 Å². The summed E-state index contributed by atoms with van der Waals surface area (Å²) in [4.78, 5) is 10.0. The molecule has 0 amide bonds. The maximum atomic E-state index is 7.45. The fourth-order valence-corrected chi connectivity index (χ4v) is 18.2. The summed E-state index contributed by atoms with van der Waals surface area (Å²) in [6.45, 7) is 9.26. The van der Waals surface area contributed by atoms with Gasteiger partial charge in [0.15, 0.2) is 11.2 Å². The number of fused-ring (bicyclic) bond motifs is 20. The van der Waals surface area contributed by atoms with Gasteiger partial charge in [-0.25, -0.2) is 0 Å². The van der Waals surface area contributed by atoms with E-state index in [1.165, 1.54) is 72.0 Å². The number of hydrogen-bond donors (Lipinski definition) is 0. The van der Waals surface area contributed by atoms with E-state index in [0.29, 0.717) is 0 Å². The lowest BCUT2D eigenvalue weighted by atomic mass is 9.33. The van der Waals surface area contributed by atoms with Crippen molar-refractivity contribution in [3.63, 3.8) is 0 Å². The van der Waals surface area contributed by atoms with Gasteiger partial charge in [0, 0.05) is 101 Å². The van der Waals surface area contributed by atoms with Crippen LogP contribution in [0, 0.1) is 0 Å². The number of furan rings is 3. The molecule has 0 fully saturated rings. The van der Waals surface area contributed by atoms with Crippen molar-refractivity contribution in [3.8, 4) is 22.3 Å². The number of para-hydroxylation sites is 7. The number of anilines is 12. The molecule has 17 aromatic rings. The maximum absolute atomic E-state index is 7.45. The van der Waals surface area contributed by atoms with Crippen molar-refractivity contribution < 1.29 is 13.3 Å². The van der Waals surface area contributed by atoms with Gasteiger partial charge in [0.05, 0.1) is 11.4 Å². The highest BCUT2D eigenvalue weighted by Gasteiger charge is 2.48. The highest BCUT2D eigenvalue weighted by molar-refractivity contribution is 7.01. The second-order valence-electron chi connectivity index (χ2n) is 28.4. The fourth-order valence-electron chi connectivity index (χ4n) is 18.2. The molecule has 0 saturated heterocycles. The molecule has 9 heteroatoms. The summed E-state index contributed by atoms with van der Waals surface area (Å²) in [6, 6.07) is 106. The number of rotatable bonds is 6. The normalized spacial score (nSPS) is 14.3. The summed E-state index contributed by atoms with van der Waals surface area (Å²) in [5, 5.41) is 6.61. The zero-order chi connectivity index (χ0) is 65.3. The predicted molar refractivity (Wildman–Crippen MR) is 413 cm³/mol. The summed E-state index contributed by atoms with van der Waals surface area (Å²) in [5.74, 6) is 0.238. The van der Waals surface area contributed by atoms with Gasteiger partial charge in [-0.3, -0.25) is 0 Å². The Morgan fingerprint density at radius 2 is 0.818 bits per heavy atom. The first-order valence-corrected chi connectivity index (χ1v) is 34.6. The largest absolute Gasteiger partial charge is 0.456 e. The Hall–Kier alpha value is -12.2. The van der Waals surface area contributed by atoms with Gasteiger partial charge < -0.3 is 32.9 Å². The minimum absolute atomic E-state index is 0.0231. The minimum Gasteiger partial charge on any atom is -0.456 e. The minimum atomic E-state index is -0.345. The van der Waals surface area contributed by atoms with Crippen molar-refractivity contribution in [2.45, 2.75) is 39.0 Å². The van der Waals surface area contributed by atoms with Crippen molar-refractivity contribution in [1.82, 2.24) is 0 Å². The van der Waals surface area contributed by atoms with Crippen LogP contribution >= 0.6 is 0 Å². The molecule has 3 aromatic heterocycles. The van der Waals surface area contributed by atoms with Crippen LogP contribution in [-0.4, -0.2) is 13.4 Å². The lowest BCUT2D eigenvalue weighted by molar-refractivity contribution is 0.648. The molecule has 0 radical (unpaired) electrons. The van der Waals surface area contributed by atoms with Gasteiger partial charge in [-0.1, -0.05) is 198 Å². The molecule has 99 heavy (non-hydrogen) atoms. The first-order chi connectivity index (χ1) is 48.7. The standard InChI is InChI=1S/C90H60B2N4O3/c1-52(2)55-47-78-86-79(48-55)95(72-33-16-13-30-68(72)91(86)67-29-12-15-32-71(67)94(78)57-42-44-61-59-25-9-18-38-80(59)97-83(61)50-57)77-37-20-27-63-62-43-40-54(49-82(62)99-88(63)77)53-41-45-74-70(46-53)92-69-31-14-17-34-73(69)96(76-36-21-35-75(85(76)92)93(74)56-22-6-5-7-23-56)87-84-64(58-24-8-11-28-66(58)90(84,3)4)51-65-60-26-10-19-39-81(60)98-89(65)87/h5-52H,1-4H3. The third kappa shape index (κ3) is 7.43. The Kier molecular flexibility index (Phi) is 11.1. The molecule has 7 nitrogen and oxygen atoms in total. The Morgan fingerprint density at radius 1 is 0.313 bits per heavy atom. The number of hydrogen-bond acceptors (Lipinski definition) is 7. The summed E-state index contributed by atoms with van der Waals surface area (Å²) in [6.07, 6.45) is 0. The third-order valence-corrected chi connectivity index (χ3v) is 22.5. The van der Waals surface area contributed by atoms with E-state index >= 15 is 0 Å². The van der Waals surface area contributed by atoms with Crippen molar-refractivity contribution >= 4 is 180 Å². The van der Waals surface area contributed by atoms with Gasteiger partial charge in [-0.15, -0.1) is 0 Å². The van der Waals surface area contributed by atoms with Crippen LogP contribution in [0.1, 0.15) is 50.3 Å². The average molecular weight is 1270 g/mol. The van der Waals surface area contributed by atoms with Gasteiger partial charge in [0.2, 0.25) is 0 Å². The van der Waals surface area contributed by atoms with E-state index in [-0.39, 0.29) is 24.8 Å². The van der Waals surface area contributed by atoms with Crippen LogP contribution in [0.25, 0.3) is 88.1 Å². The van der Waals surface area contributed by atoms with Crippen LogP contribution in [0.2, 0.25) is 0 Å². The maximum Gasteiger partial charge on any atom is 0.252 e. The second kappa shape index (κ2) is 20.0. The van der Waals surface area contributed by atoms with Crippen molar-refractivity contribution in [3.05, 3.63) is 302 Å². The van der Waals surface area contributed by atoms with Crippen molar-refractivity contribution in [1.29, 1.82) is 0 Å². The van der Waals surface area contributed by atoms with E-state index in [1.54, 1.807) is 0 Å². The lowest BCUT2D eigenvalue weighted by Gasteiger charge is -2.44. The van der Waals surface area contributed by atoms with Crippen molar-refractivity contribution in [2.24, 2.45) is 0 Å². The molecular formula is C90H60B2N4O3. The average Bonchev–Trinajstić information content (AvgIpc) is 1.67. The molecular weight excluding hydrogens is 1210 g/mol. The highest BCUT2D eigenvalue weighted by atomic mass is 16.3. The predicted octanol–water partition coefficient (Wildman–Crippen LogP) is 20.6. The molecule has 0 bridgehead atoms. The zero-order valence-electron chi connectivity index (χ0n) is 54.9.